The Labute approximate surface area is 419 Å². The molecular formula is C63H90O6. The van der Waals surface area contributed by atoms with Crippen molar-refractivity contribution in [3.8, 4) is 17.2 Å². The standard InChI is InChI=1S/C63H90O6/c1-55(2,3)38-26-39(56(4,5)6)31-46(30-38)66-51-49(64)53(68-48-34-42(59(13,14)15)28-43(35-48)60(16,17)18)54(69-63(25)36-44(61(19,20)21)29-45(37-63)62(22,23)24)50(65)52(51)67-47-32-40(57(7,8)9)27-41(33-47)58(10,11)12/h26-28,30-36,45H,29,37H2,1-25H3. The van der Waals surface area contributed by atoms with E-state index in [4.69, 9.17) is 18.9 Å². The summed E-state index contributed by atoms with van der Waals surface area (Å²) in [6.45, 7) is 54.3. The van der Waals surface area contributed by atoms with Crippen LogP contribution in [0.1, 0.15) is 219 Å². The lowest BCUT2D eigenvalue weighted by molar-refractivity contribution is -0.126. The molecule has 6 heteroatoms. The Hall–Kier alpha value is -4.58. The number of rotatable bonds is 8. The molecule has 2 aliphatic rings. The third kappa shape index (κ3) is 13.2. The minimum atomic E-state index is -1.000. The minimum absolute atomic E-state index is 0.0717. The molecule has 0 radical (unpaired) electrons. The van der Waals surface area contributed by atoms with Gasteiger partial charge >= 0.3 is 0 Å². The molecule has 5 rings (SSSR count). The Morgan fingerprint density at radius 3 is 0.899 bits per heavy atom. The molecule has 0 N–H and O–H groups in total. The van der Waals surface area contributed by atoms with Crippen LogP contribution in [0.4, 0.5) is 0 Å². The SMILES string of the molecule is CC1(OC2=C(Oc3cc(C(C)(C)C)cc(C(C)(C)C)c3)C(=O)C(Oc3cc(C(C)(C)C)cc(C(C)(C)C)c3)=C(Oc3cc(C(C)(C)C)cc(C(C)(C)C)c3)C2=O)C=C(C(C)(C)C)CC(C(C)(C)C)C1. The molecule has 2 aliphatic carbocycles. The molecule has 378 valence electrons. The van der Waals surface area contributed by atoms with E-state index in [-0.39, 0.29) is 72.3 Å². The molecule has 0 bridgehead atoms. The molecule has 3 aromatic rings. The van der Waals surface area contributed by atoms with Crippen molar-refractivity contribution in [3.63, 3.8) is 0 Å². The van der Waals surface area contributed by atoms with E-state index in [0.717, 1.165) is 39.8 Å². The normalized spacial score (nSPS) is 19.5. The smallest absolute Gasteiger partial charge is 0.271 e. The lowest BCUT2D eigenvalue weighted by Gasteiger charge is -2.45. The fourth-order valence-corrected chi connectivity index (χ4v) is 8.67. The predicted molar refractivity (Wildman–Crippen MR) is 287 cm³/mol. The van der Waals surface area contributed by atoms with Gasteiger partial charge in [0.25, 0.3) is 11.6 Å². The van der Waals surface area contributed by atoms with Crippen LogP contribution in [-0.2, 0) is 46.8 Å². The van der Waals surface area contributed by atoms with Crippen molar-refractivity contribution in [2.45, 2.75) is 224 Å². The molecule has 2 atom stereocenters. The lowest BCUT2D eigenvalue weighted by Crippen LogP contribution is -2.42. The van der Waals surface area contributed by atoms with E-state index in [9.17, 15) is 0 Å². The number of hydrogen-bond donors (Lipinski definition) is 0. The predicted octanol–water partition coefficient (Wildman–Crippen LogP) is 16.8. The Morgan fingerprint density at radius 2 is 0.652 bits per heavy atom. The van der Waals surface area contributed by atoms with Crippen LogP contribution in [0.25, 0.3) is 0 Å². The highest BCUT2D eigenvalue weighted by atomic mass is 16.6. The summed E-state index contributed by atoms with van der Waals surface area (Å²) >= 11 is 0. The van der Waals surface area contributed by atoms with Crippen LogP contribution >= 0.6 is 0 Å². The second-order valence-electron chi connectivity index (χ2n) is 28.8. The van der Waals surface area contributed by atoms with E-state index >= 15 is 9.59 Å². The second kappa shape index (κ2) is 18.2. The first-order valence-corrected chi connectivity index (χ1v) is 25.4. The number of benzene rings is 3. The molecule has 0 saturated carbocycles. The van der Waals surface area contributed by atoms with Gasteiger partial charge in [-0.2, -0.15) is 0 Å². The Bertz CT molecular complexity index is 2460. The van der Waals surface area contributed by atoms with Gasteiger partial charge in [-0.05, 0) is 145 Å². The van der Waals surface area contributed by atoms with Crippen molar-refractivity contribution in [2.24, 2.45) is 16.7 Å². The number of carbonyl (C=O) groups excluding carboxylic acids is 2. The zero-order chi connectivity index (χ0) is 52.6. The summed E-state index contributed by atoms with van der Waals surface area (Å²) in [6, 6.07) is 18.4. The maximum atomic E-state index is 16.0. The molecule has 2 unspecified atom stereocenters. The van der Waals surface area contributed by atoms with E-state index in [0.29, 0.717) is 23.7 Å². The van der Waals surface area contributed by atoms with Crippen LogP contribution in [0.5, 0.6) is 17.2 Å². The quantitative estimate of drug-likeness (QED) is 0.166. The van der Waals surface area contributed by atoms with Crippen LogP contribution in [0.2, 0.25) is 0 Å². The van der Waals surface area contributed by atoms with E-state index in [2.05, 4.69) is 190 Å². The van der Waals surface area contributed by atoms with Gasteiger partial charge in [-0.15, -0.1) is 0 Å². The van der Waals surface area contributed by atoms with Gasteiger partial charge in [0.05, 0.1) is 0 Å². The summed E-state index contributed by atoms with van der Waals surface area (Å²) in [5.41, 5.74) is 4.65. The Morgan fingerprint density at radius 1 is 0.391 bits per heavy atom. The zero-order valence-corrected chi connectivity index (χ0v) is 47.7. The summed E-state index contributed by atoms with van der Waals surface area (Å²) in [7, 11) is 0. The highest BCUT2D eigenvalue weighted by molar-refractivity contribution is 6.22. The van der Waals surface area contributed by atoms with E-state index in [1.165, 1.54) is 5.57 Å². The maximum absolute atomic E-state index is 16.0. The summed E-state index contributed by atoms with van der Waals surface area (Å²) in [4.78, 5) is 32.0. The molecule has 0 fully saturated rings. The van der Waals surface area contributed by atoms with Gasteiger partial charge in [0.15, 0.2) is 0 Å². The molecule has 3 aromatic carbocycles. The zero-order valence-electron chi connectivity index (χ0n) is 47.7. The van der Waals surface area contributed by atoms with Crippen molar-refractivity contribution in [2.75, 3.05) is 0 Å². The molecular weight excluding hydrogens is 853 g/mol. The molecule has 6 nitrogen and oxygen atoms in total. The third-order valence-electron chi connectivity index (χ3n) is 13.9. The van der Waals surface area contributed by atoms with Crippen LogP contribution in [0, 0.1) is 16.7 Å². The van der Waals surface area contributed by atoms with Gasteiger partial charge in [-0.1, -0.05) is 190 Å². The molecule has 0 saturated heterocycles. The highest BCUT2D eigenvalue weighted by Gasteiger charge is 2.47. The van der Waals surface area contributed by atoms with E-state index in [1.807, 2.05) is 43.3 Å². The second-order valence-corrected chi connectivity index (χ2v) is 28.8. The Balaban J connectivity index is 1.89. The van der Waals surface area contributed by atoms with Gasteiger partial charge in [0.1, 0.15) is 22.8 Å². The van der Waals surface area contributed by atoms with Gasteiger partial charge in [-0.3, -0.25) is 9.59 Å². The summed E-state index contributed by atoms with van der Waals surface area (Å²) < 4.78 is 28.0. The van der Waals surface area contributed by atoms with Crippen molar-refractivity contribution in [3.05, 3.63) is 123 Å². The fraction of sp³-hybridized carbons (Fsp3) is 0.587. The first kappa shape index (κ1) is 55.3. The van der Waals surface area contributed by atoms with Gasteiger partial charge in [0.2, 0.25) is 23.0 Å². The largest absolute Gasteiger partial charge is 0.476 e. The van der Waals surface area contributed by atoms with Gasteiger partial charge < -0.3 is 18.9 Å². The average Bonchev–Trinajstić information content (AvgIpc) is 3.16. The number of Topliss-reactive ketones (excluding diaryl/α,β-unsaturated/α-hetero) is 2. The van der Waals surface area contributed by atoms with Crippen LogP contribution in [0.3, 0.4) is 0 Å². The topological polar surface area (TPSA) is 71.1 Å². The third-order valence-corrected chi connectivity index (χ3v) is 13.9. The summed E-state index contributed by atoms with van der Waals surface area (Å²) in [6.07, 6.45) is 3.69. The summed E-state index contributed by atoms with van der Waals surface area (Å²) in [5, 5.41) is 0. The monoisotopic (exact) mass is 943 g/mol. The van der Waals surface area contributed by atoms with Crippen LogP contribution < -0.4 is 14.2 Å². The number of allylic oxidation sites excluding steroid dienone is 1. The van der Waals surface area contributed by atoms with Crippen molar-refractivity contribution in [1.82, 2.24) is 0 Å². The highest BCUT2D eigenvalue weighted by Crippen LogP contribution is 2.49. The number of hydrogen-bond acceptors (Lipinski definition) is 6. The van der Waals surface area contributed by atoms with Crippen LogP contribution in [-0.4, -0.2) is 17.2 Å². The van der Waals surface area contributed by atoms with Gasteiger partial charge in [0, 0.05) is 0 Å². The lowest BCUT2D eigenvalue weighted by atomic mass is 9.64. The maximum Gasteiger partial charge on any atom is 0.271 e. The molecule has 0 heterocycles. The Kier molecular flexibility index (Phi) is 14.6. The molecule has 0 spiro atoms. The number of ether oxygens (including phenoxy) is 4. The van der Waals surface area contributed by atoms with Crippen molar-refractivity contribution >= 4 is 11.6 Å². The fourth-order valence-electron chi connectivity index (χ4n) is 8.67. The van der Waals surface area contributed by atoms with Crippen molar-refractivity contribution < 1.29 is 28.5 Å². The van der Waals surface area contributed by atoms with Crippen LogP contribution in [0.15, 0.2) is 89.3 Å². The molecule has 0 aliphatic heterocycles. The minimum Gasteiger partial charge on any atom is -0.476 e. The molecule has 0 aromatic heterocycles. The summed E-state index contributed by atoms with van der Waals surface area (Å²) in [5.74, 6) is -0.748. The van der Waals surface area contributed by atoms with Crippen molar-refractivity contribution in [1.29, 1.82) is 0 Å². The first-order valence-electron chi connectivity index (χ1n) is 25.4. The average molecular weight is 943 g/mol. The van der Waals surface area contributed by atoms with E-state index in [1.54, 1.807) is 0 Å². The first-order chi connectivity index (χ1) is 30.9. The molecule has 69 heavy (non-hydrogen) atoms. The van der Waals surface area contributed by atoms with E-state index < -0.39 is 17.2 Å². The van der Waals surface area contributed by atoms with Gasteiger partial charge in [-0.25, -0.2) is 0 Å². The molecule has 0 amide bonds. The number of carbonyl (C=O) groups is 2. The number of ketones is 2.